The van der Waals surface area contributed by atoms with E-state index in [1.807, 2.05) is 28.0 Å². The molecule has 0 amide bonds. The summed E-state index contributed by atoms with van der Waals surface area (Å²) < 4.78 is 33.6. The second kappa shape index (κ2) is 12.0. The van der Waals surface area contributed by atoms with Crippen LogP contribution in [-0.2, 0) is 4.79 Å². The van der Waals surface area contributed by atoms with Gasteiger partial charge in [0.1, 0.15) is 18.0 Å². The van der Waals surface area contributed by atoms with Gasteiger partial charge in [-0.1, -0.05) is 0 Å². The van der Waals surface area contributed by atoms with Crippen molar-refractivity contribution >= 4 is 22.8 Å². The summed E-state index contributed by atoms with van der Waals surface area (Å²) in [6.45, 7) is 2.90. The van der Waals surface area contributed by atoms with Crippen LogP contribution < -0.4 is 4.90 Å². The number of aliphatic hydroxyl groups excluding tert-OH is 1. The molecular weight excluding hydrogens is 545 g/mol. The molecule has 0 spiro atoms. The zero-order valence-electron chi connectivity index (χ0n) is 21.5. The third-order valence-corrected chi connectivity index (χ3v) is 6.49. The highest BCUT2D eigenvalue weighted by atomic mass is 19.4. The van der Waals surface area contributed by atoms with Gasteiger partial charge >= 0.3 is 12.1 Å². The van der Waals surface area contributed by atoms with Crippen LogP contribution in [-0.4, -0.2) is 70.1 Å². The molecule has 1 fully saturated rings. The monoisotopic (exact) mass is 568 g/mol. The second-order valence-electron chi connectivity index (χ2n) is 9.15. The fraction of sp³-hybridized carbons (Fsp3) is 0.360. The number of fused-ring (bicyclic) bond motifs is 1. The molecule has 5 heterocycles. The van der Waals surface area contributed by atoms with Crippen LogP contribution in [0.15, 0.2) is 37.2 Å². The molecular formula is C25H23F3N10O3. The predicted molar refractivity (Wildman–Crippen MR) is 136 cm³/mol. The number of nitriles is 2. The van der Waals surface area contributed by atoms with Crippen LogP contribution in [0.25, 0.3) is 22.3 Å². The van der Waals surface area contributed by atoms with Gasteiger partial charge in [-0.25, -0.2) is 24.7 Å². The first kappa shape index (κ1) is 28.9. The molecule has 0 aromatic carbocycles. The van der Waals surface area contributed by atoms with Crippen LogP contribution >= 0.6 is 0 Å². The van der Waals surface area contributed by atoms with E-state index in [1.54, 1.807) is 13.1 Å². The van der Waals surface area contributed by atoms with Crippen molar-refractivity contribution < 1.29 is 28.2 Å². The van der Waals surface area contributed by atoms with Crippen molar-refractivity contribution in [2.45, 2.75) is 38.1 Å². The van der Waals surface area contributed by atoms with Gasteiger partial charge < -0.3 is 20.1 Å². The molecule has 0 radical (unpaired) electrons. The van der Waals surface area contributed by atoms with Crippen molar-refractivity contribution in [3.8, 4) is 23.4 Å². The van der Waals surface area contributed by atoms with E-state index in [1.165, 1.54) is 12.5 Å². The molecule has 1 aliphatic heterocycles. The average molecular weight is 569 g/mol. The molecule has 3 N–H and O–H groups in total. The van der Waals surface area contributed by atoms with Gasteiger partial charge in [0.15, 0.2) is 11.5 Å². The first-order chi connectivity index (χ1) is 19.5. The maximum Gasteiger partial charge on any atom is 0.490 e. The lowest BCUT2D eigenvalue weighted by atomic mass is 9.96. The van der Waals surface area contributed by atoms with E-state index in [-0.39, 0.29) is 17.7 Å². The summed E-state index contributed by atoms with van der Waals surface area (Å²) in [5.41, 5.74) is 2.96. The third kappa shape index (κ3) is 6.39. The molecule has 1 unspecified atom stereocenters. The lowest BCUT2D eigenvalue weighted by molar-refractivity contribution is -0.192. The Morgan fingerprint density at radius 2 is 2.02 bits per heavy atom. The summed E-state index contributed by atoms with van der Waals surface area (Å²) in [4.78, 5) is 31.3. The SMILES string of the molecule is CC(O)c1cnc(N2CC[C@H]([C@H](CC#N)n3cc(-c4ncnc5[nH]ccc45)cn3)C2)c(C#N)n1.O=C(O)C(F)(F)F. The van der Waals surface area contributed by atoms with Gasteiger partial charge in [0.2, 0.25) is 0 Å². The number of hydrogen-bond acceptors (Lipinski definition) is 10. The van der Waals surface area contributed by atoms with E-state index in [4.69, 9.17) is 9.90 Å². The van der Waals surface area contributed by atoms with Gasteiger partial charge in [0, 0.05) is 42.4 Å². The Balaban J connectivity index is 0.000000493. The Morgan fingerprint density at radius 3 is 2.68 bits per heavy atom. The number of nitrogens with one attached hydrogen (secondary N) is 1. The zero-order chi connectivity index (χ0) is 29.7. The highest BCUT2D eigenvalue weighted by Gasteiger charge is 2.38. The molecule has 0 bridgehead atoms. The molecule has 4 aromatic rings. The van der Waals surface area contributed by atoms with Crippen LogP contribution in [0, 0.1) is 28.6 Å². The van der Waals surface area contributed by atoms with Crippen molar-refractivity contribution in [3.63, 3.8) is 0 Å². The fourth-order valence-corrected chi connectivity index (χ4v) is 4.51. The Bertz CT molecular complexity index is 1620. The second-order valence-corrected chi connectivity index (χ2v) is 9.15. The number of H-pyrrole nitrogens is 1. The Kier molecular flexibility index (Phi) is 8.44. The van der Waals surface area contributed by atoms with Gasteiger partial charge in [-0.15, -0.1) is 0 Å². The number of alkyl halides is 3. The number of nitrogens with zero attached hydrogens (tertiary/aromatic N) is 9. The first-order valence-electron chi connectivity index (χ1n) is 12.2. The number of aliphatic carboxylic acids is 1. The predicted octanol–water partition coefficient (Wildman–Crippen LogP) is 3.15. The number of carboxylic acid groups (broad SMARTS) is 1. The van der Waals surface area contributed by atoms with E-state index < -0.39 is 18.2 Å². The standard InChI is InChI=1S/C23H22N10O.C2HF3O2/c1-14(34)19-10-27-23(18(8-25)31-19)32-7-4-15(11-32)20(2-5-24)33-12-16(9-30-33)21-17-3-6-26-22(17)29-13-28-21;3-2(4,5)1(6)7/h3,6,9-10,12-15,20,34H,2,4,7,11H2,1H3,(H,26,28,29);(H,6,7)/t14?,15-,20-;/m0./s1. The first-order valence-corrected chi connectivity index (χ1v) is 12.2. The Labute approximate surface area is 230 Å². The molecule has 1 saturated heterocycles. The highest BCUT2D eigenvalue weighted by molar-refractivity contribution is 5.90. The number of aromatic amines is 1. The topological polar surface area (TPSA) is 194 Å². The molecule has 13 nitrogen and oxygen atoms in total. The van der Waals surface area contributed by atoms with Crippen LogP contribution in [0.4, 0.5) is 19.0 Å². The molecule has 3 atom stereocenters. The van der Waals surface area contributed by atoms with Gasteiger partial charge in [-0.3, -0.25) is 4.68 Å². The molecule has 16 heteroatoms. The third-order valence-electron chi connectivity index (χ3n) is 6.49. The number of halogens is 3. The van der Waals surface area contributed by atoms with Gasteiger partial charge in [0.05, 0.1) is 48.4 Å². The normalized spacial score (nSPS) is 16.4. The summed E-state index contributed by atoms with van der Waals surface area (Å²) in [7, 11) is 0. The summed E-state index contributed by atoms with van der Waals surface area (Å²) in [6.07, 6.45) is 3.79. The zero-order valence-corrected chi connectivity index (χ0v) is 21.5. The number of aliphatic hydroxyl groups is 1. The van der Waals surface area contributed by atoms with E-state index in [0.29, 0.717) is 31.0 Å². The van der Waals surface area contributed by atoms with E-state index in [9.17, 15) is 28.8 Å². The van der Waals surface area contributed by atoms with Crippen molar-refractivity contribution in [3.05, 3.63) is 48.6 Å². The quantitative estimate of drug-likeness (QED) is 0.309. The minimum Gasteiger partial charge on any atom is -0.475 e. The summed E-state index contributed by atoms with van der Waals surface area (Å²) in [5, 5.41) is 41.5. The lowest BCUT2D eigenvalue weighted by Crippen LogP contribution is -2.26. The number of anilines is 1. The molecule has 0 saturated carbocycles. The number of carbonyl (C=O) groups is 1. The van der Waals surface area contributed by atoms with Gasteiger partial charge in [0.25, 0.3) is 0 Å². The minimum absolute atomic E-state index is 0.134. The van der Waals surface area contributed by atoms with Crippen molar-refractivity contribution in [2.24, 2.45) is 5.92 Å². The van der Waals surface area contributed by atoms with Crippen LogP contribution in [0.2, 0.25) is 0 Å². The minimum atomic E-state index is -5.08. The van der Waals surface area contributed by atoms with Crippen molar-refractivity contribution in [2.75, 3.05) is 18.0 Å². The summed E-state index contributed by atoms with van der Waals surface area (Å²) >= 11 is 0. The van der Waals surface area contributed by atoms with E-state index in [2.05, 4.69) is 42.2 Å². The van der Waals surface area contributed by atoms with E-state index in [0.717, 1.165) is 28.7 Å². The smallest absolute Gasteiger partial charge is 0.475 e. The number of carboxylic acids is 1. The number of aromatic nitrogens is 7. The van der Waals surface area contributed by atoms with Crippen LogP contribution in [0.3, 0.4) is 0 Å². The van der Waals surface area contributed by atoms with Crippen LogP contribution in [0.5, 0.6) is 0 Å². The summed E-state index contributed by atoms with van der Waals surface area (Å²) in [5.74, 6) is -2.12. The van der Waals surface area contributed by atoms with Crippen molar-refractivity contribution in [1.29, 1.82) is 10.5 Å². The number of hydrogen-bond donors (Lipinski definition) is 3. The Hall–Kier alpha value is -5.09. The fourth-order valence-electron chi connectivity index (χ4n) is 4.51. The molecule has 5 rings (SSSR count). The number of rotatable bonds is 6. The Morgan fingerprint density at radius 1 is 1.27 bits per heavy atom. The molecule has 41 heavy (non-hydrogen) atoms. The maximum atomic E-state index is 10.6. The summed E-state index contributed by atoms with van der Waals surface area (Å²) in [6, 6.07) is 6.18. The maximum absolute atomic E-state index is 10.6. The molecule has 1 aliphatic rings. The lowest BCUT2D eigenvalue weighted by Gasteiger charge is -2.23. The van der Waals surface area contributed by atoms with Gasteiger partial charge in [-0.05, 0) is 19.4 Å². The highest BCUT2D eigenvalue weighted by Crippen LogP contribution is 2.34. The van der Waals surface area contributed by atoms with Crippen molar-refractivity contribution in [1.82, 2.24) is 34.7 Å². The van der Waals surface area contributed by atoms with Gasteiger partial charge in [-0.2, -0.15) is 28.8 Å². The molecule has 0 aliphatic carbocycles. The molecule has 212 valence electrons. The average Bonchev–Trinajstić information content (AvgIpc) is 3.72. The largest absolute Gasteiger partial charge is 0.490 e. The molecule has 4 aromatic heterocycles. The van der Waals surface area contributed by atoms with Crippen LogP contribution in [0.1, 0.15) is 43.3 Å². The van der Waals surface area contributed by atoms with E-state index >= 15 is 0 Å².